The Morgan fingerprint density at radius 3 is 2.66 bits per heavy atom. The van der Waals surface area contributed by atoms with Crippen LogP contribution >= 0.6 is 0 Å². The smallest absolute Gasteiger partial charge is 0.337 e. The zero-order valence-corrected chi connectivity index (χ0v) is 18.2. The van der Waals surface area contributed by atoms with E-state index < -0.39 is 5.97 Å². The van der Waals surface area contributed by atoms with E-state index in [1.54, 1.807) is 18.2 Å². The number of carbonyl (C=O) groups is 1. The van der Waals surface area contributed by atoms with E-state index in [4.69, 9.17) is 4.74 Å². The standard InChI is InChI=1S/C26H25N3O3/c1-16(18-8-7-17-5-3-4-6-19(17)13-18)29(21-10-11-21)15-24-27-23-14-20(26(31)32-2)9-12-22(23)25(30)28-24/h3-9,12-14,16,21H,10-11,15H2,1-2H3,(H,27,28,30). The normalized spacial score (nSPS) is 14.7. The van der Waals surface area contributed by atoms with Crippen molar-refractivity contribution in [3.8, 4) is 0 Å². The number of aromatic nitrogens is 2. The molecule has 1 aliphatic rings. The molecule has 6 heteroatoms. The summed E-state index contributed by atoms with van der Waals surface area (Å²) in [5.74, 6) is 0.157. The number of nitrogens with one attached hydrogen (secondary N) is 1. The summed E-state index contributed by atoms with van der Waals surface area (Å²) in [5.41, 5.74) is 1.93. The maximum Gasteiger partial charge on any atom is 0.337 e. The molecule has 4 aromatic rings. The number of fused-ring (bicyclic) bond motifs is 2. The number of H-pyrrole nitrogens is 1. The molecule has 1 fully saturated rings. The van der Waals surface area contributed by atoms with Crippen molar-refractivity contribution >= 4 is 27.6 Å². The summed E-state index contributed by atoms with van der Waals surface area (Å²) in [7, 11) is 1.34. The first-order valence-corrected chi connectivity index (χ1v) is 10.9. The van der Waals surface area contributed by atoms with Gasteiger partial charge in [0.25, 0.3) is 5.56 Å². The predicted molar refractivity (Wildman–Crippen MR) is 125 cm³/mol. The van der Waals surface area contributed by atoms with Gasteiger partial charge >= 0.3 is 5.97 Å². The van der Waals surface area contributed by atoms with Crippen molar-refractivity contribution in [3.63, 3.8) is 0 Å². The molecule has 32 heavy (non-hydrogen) atoms. The van der Waals surface area contributed by atoms with Crippen molar-refractivity contribution in [2.75, 3.05) is 7.11 Å². The molecular formula is C26H25N3O3. The lowest BCUT2D eigenvalue weighted by atomic mass is 10.0. The van der Waals surface area contributed by atoms with Crippen LogP contribution in [0.2, 0.25) is 0 Å². The molecule has 1 aromatic heterocycles. The zero-order valence-electron chi connectivity index (χ0n) is 18.2. The van der Waals surface area contributed by atoms with E-state index in [1.807, 2.05) is 0 Å². The third-order valence-electron chi connectivity index (χ3n) is 6.28. The van der Waals surface area contributed by atoms with Crippen molar-refractivity contribution < 1.29 is 9.53 Å². The number of rotatable bonds is 6. The van der Waals surface area contributed by atoms with Crippen molar-refractivity contribution in [1.29, 1.82) is 0 Å². The molecule has 1 aliphatic carbocycles. The minimum absolute atomic E-state index is 0.175. The van der Waals surface area contributed by atoms with Gasteiger partial charge in [-0.05, 0) is 60.4 Å². The number of nitrogens with zero attached hydrogens (tertiary/aromatic N) is 2. The Hall–Kier alpha value is -3.51. The second-order valence-corrected chi connectivity index (χ2v) is 8.42. The summed E-state index contributed by atoms with van der Waals surface area (Å²) in [6, 6.07) is 20.4. The average Bonchev–Trinajstić information content (AvgIpc) is 3.66. The Balaban J connectivity index is 1.48. The summed E-state index contributed by atoms with van der Waals surface area (Å²) in [4.78, 5) is 34.6. The van der Waals surface area contributed by atoms with Gasteiger partial charge in [-0.3, -0.25) is 9.69 Å². The molecule has 1 saturated carbocycles. The number of benzene rings is 3. The van der Waals surface area contributed by atoms with Crippen LogP contribution in [0.4, 0.5) is 0 Å². The minimum Gasteiger partial charge on any atom is -0.465 e. The van der Waals surface area contributed by atoms with E-state index in [9.17, 15) is 9.59 Å². The fraction of sp³-hybridized carbons (Fsp3) is 0.269. The molecule has 0 bridgehead atoms. The third kappa shape index (κ3) is 3.89. The molecule has 1 unspecified atom stereocenters. The van der Waals surface area contributed by atoms with Gasteiger partial charge in [0, 0.05) is 12.1 Å². The highest BCUT2D eigenvalue weighted by atomic mass is 16.5. The van der Waals surface area contributed by atoms with Gasteiger partial charge in [0.1, 0.15) is 5.82 Å². The van der Waals surface area contributed by atoms with Crippen LogP contribution in [0.1, 0.15) is 47.6 Å². The molecule has 3 aromatic carbocycles. The second kappa shape index (κ2) is 8.20. The summed E-state index contributed by atoms with van der Waals surface area (Å²) < 4.78 is 4.80. The van der Waals surface area contributed by atoms with E-state index in [1.165, 1.54) is 23.4 Å². The number of hydrogen-bond acceptors (Lipinski definition) is 5. The monoisotopic (exact) mass is 427 g/mol. The van der Waals surface area contributed by atoms with Crippen LogP contribution in [0.3, 0.4) is 0 Å². The molecule has 5 rings (SSSR count). The Labute approximate surface area is 185 Å². The number of methoxy groups -OCH3 is 1. The van der Waals surface area contributed by atoms with E-state index in [-0.39, 0.29) is 11.6 Å². The summed E-state index contributed by atoms with van der Waals surface area (Å²) in [6.45, 7) is 2.74. The molecule has 1 N–H and O–H groups in total. The number of carbonyl (C=O) groups excluding carboxylic acids is 1. The molecule has 0 saturated heterocycles. The number of esters is 1. The minimum atomic E-state index is -0.444. The van der Waals surface area contributed by atoms with Crippen molar-refractivity contribution in [2.24, 2.45) is 0 Å². The highest BCUT2D eigenvalue weighted by molar-refractivity contribution is 5.94. The molecule has 6 nitrogen and oxygen atoms in total. The molecule has 1 heterocycles. The largest absolute Gasteiger partial charge is 0.465 e. The van der Waals surface area contributed by atoms with Crippen LogP contribution < -0.4 is 5.56 Å². The van der Waals surface area contributed by atoms with Gasteiger partial charge in [0.15, 0.2) is 0 Å². The van der Waals surface area contributed by atoms with Crippen LogP contribution in [0, 0.1) is 0 Å². The molecule has 0 amide bonds. The Morgan fingerprint density at radius 2 is 1.91 bits per heavy atom. The number of hydrogen-bond donors (Lipinski definition) is 1. The van der Waals surface area contributed by atoms with E-state index in [0.29, 0.717) is 34.9 Å². The molecule has 0 radical (unpaired) electrons. The van der Waals surface area contributed by atoms with Crippen molar-refractivity contribution in [2.45, 2.75) is 38.4 Å². The first-order valence-electron chi connectivity index (χ1n) is 10.9. The lowest BCUT2D eigenvalue weighted by molar-refractivity contribution is 0.0601. The maximum absolute atomic E-state index is 12.7. The van der Waals surface area contributed by atoms with Gasteiger partial charge in [-0.25, -0.2) is 9.78 Å². The van der Waals surface area contributed by atoms with Crippen molar-refractivity contribution in [1.82, 2.24) is 14.9 Å². The number of aromatic amines is 1. The average molecular weight is 428 g/mol. The molecular weight excluding hydrogens is 402 g/mol. The van der Waals surface area contributed by atoms with Gasteiger partial charge in [0.2, 0.25) is 0 Å². The summed E-state index contributed by atoms with van der Waals surface area (Å²) >= 11 is 0. The van der Waals surface area contributed by atoms with Crippen LogP contribution in [-0.2, 0) is 11.3 Å². The summed E-state index contributed by atoms with van der Waals surface area (Å²) in [6.07, 6.45) is 2.28. The fourth-order valence-electron chi connectivity index (χ4n) is 4.33. The molecule has 0 spiro atoms. The highest BCUT2D eigenvalue weighted by Crippen LogP contribution is 2.36. The van der Waals surface area contributed by atoms with Gasteiger partial charge in [-0.15, -0.1) is 0 Å². The van der Waals surface area contributed by atoms with Gasteiger partial charge in [-0.2, -0.15) is 0 Å². The van der Waals surface area contributed by atoms with E-state index in [0.717, 1.165) is 12.8 Å². The Kier molecular flexibility index (Phi) is 5.23. The van der Waals surface area contributed by atoms with Crippen LogP contribution in [0.5, 0.6) is 0 Å². The van der Waals surface area contributed by atoms with E-state index in [2.05, 4.69) is 64.3 Å². The first-order chi connectivity index (χ1) is 15.5. The van der Waals surface area contributed by atoms with Gasteiger partial charge < -0.3 is 9.72 Å². The topological polar surface area (TPSA) is 75.3 Å². The molecule has 1 atom stereocenters. The maximum atomic E-state index is 12.7. The quantitative estimate of drug-likeness (QED) is 0.456. The van der Waals surface area contributed by atoms with Gasteiger partial charge in [0.05, 0.1) is 30.1 Å². The first kappa shape index (κ1) is 20.4. The zero-order chi connectivity index (χ0) is 22.2. The van der Waals surface area contributed by atoms with E-state index >= 15 is 0 Å². The Bertz CT molecular complexity index is 1370. The van der Waals surface area contributed by atoms with Crippen LogP contribution in [-0.4, -0.2) is 34.0 Å². The second-order valence-electron chi connectivity index (χ2n) is 8.42. The predicted octanol–water partition coefficient (Wildman–Crippen LogP) is 4.59. The number of ether oxygens (including phenoxy) is 1. The van der Waals surface area contributed by atoms with Crippen LogP contribution in [0.25, 0.3) is 21.7 Å². The molecule has 162 valence electrons. The Morgan fingerprint density at radius 1 is 1.12 bits per heavy atom. The summed E-state index contributed by atoms with van der Waals surface area (Å²) in [5, 5.41) is 2.91. The van der Waals surface area contributed by atoms with Gasteiger partial charge in [-0.1, -0.05) is 36.4 Å². The fourth-order valence-corrected chi connectivity index (χ4v) is 4.33. The highest BCUT2D eigenvalue weighted by Gasteiger charge is 2.33. The SMILES string of the molecule is COC(=O)c1ccc2c(=O)[nH]c(CN(C3CC3)C(C)c3ccc4ccccc4c3)nc2c1. The molecule has 0 aliphatic heterocycles. The third-order valence-corrected chi connectivity index (χ3v) is 6.28. The van der Waals surface area contributed by atoms with Crippen LogP contribution in [0.15, 0.2) is 65.5 Å². The lowest BCUT2D eigenvalue weighted by Crippen LogP contribution is -2.30. The van der Waals surface area contributed by atoms with Crippen molar-refractivity contribution in [3.05, 3.63) is 88.0 Å². The lowest BCUT2D eigenvalue weighted by Gasteiger charge is -2.29.